The predicted octanol–water partition coefficient (Wildman–Crippen LogP) is 2.19. The van der Waals surface area contributed by atoms with Crippen molar-refractivity contribution in [2.45, 2.75) is 58.4 Å². The number of nitrogens with zero attached hydrogens (tertiary/aromatic N) is 1. The minimum Gasteiger partial charge on any atom is -0.353 e. The minimum atomic E-state index is -0.121. The molecule has 3 rings (SSSR count). The first-order chi connectivity index (χ1) is 10.0. The summed E-state index contributed by atoms with van der Waals surface area (Å²) in [6.07, 6.45) is 6.52. The van der Waals surface area contributed by atoms with Crippen LogP contribution in [0.2, 0.25) is 0 Å². The Morgan fingerprint density at radius 1 is 1.33 bits per heavy atom. The summed E-state index contributed by atoms with van der Waals surface area (Å²) in [5.74, 6) is 2.29. The molecule has 1 heterocycles. The molecule has 2 aliphatic carbocycles. The smallest absolute Gasteiger partial charge is 0.225 e. The van der Waals surface area contributed by atoms with Crippen LogP contribution in [0.4, 0.5) is 0 Å². The average Bonchev–Trinajstić information content (AvgIpc) is 3.11. The molecule has 2 bridgehead atoms. The van der Waals surface area contributed by atoms with Crippen LogP contribution in [0.1, 0.15) is 52.4 Å². The maximum Gasteiger partial charge on any atom is 0.225 e. The van der Waals surface area contributed by atoms with Crippen LogP contribution < -0.4 is 5.32 Å². The number of likely N-dealkylation sites (tertiary alicyclic amines) is 1. The Bertz CT molecular complexity index is 421. The molecule has 4 unspecified atom stereocenters. The molecule has 3 aliphatic rings. The molecule has 118 valence electrons. The molecule has 3 fully saturated rings. The van der Waals surface area contributed by atoms with Crippen LogP contribution in [0.15, 0.2) is 0 Å². The van der Waals surface area contributed by atoms with E-state index in [1.165, 1.54) is 19.3 Å². The first kappa shape index (κ1) is 14.9. The Kier molecular flexibility index (Phi) is 4.23. The van der Waals surface area contributed by atoms with Gasteiger partial charge in [-0.1, -0.05) is 20.3 Å². The molecule has 0 aromatic heterocycles. The molecule has 1 N–H and O–H groups in total. The second kappa shape index (κ2) is 5.98. The molecule has 4 heteroatoms. The van der Waals surface area contributed by atoms with Crippen molar-refractivity contribution in [1.82, 2.24) is 10.2 Å². The lowest BCUT2D eigenvalue weighted by atomic mass is 9.94. The highest BCUT2D eigenvalue weighted by molar-refractivity contribution is 5.89. The van der Waals surface area contributed by atoms with Crippen molar-refractivity contribution >= 4 is 11.8 Å². The Labute approximate surface area is 127 Å². The topological polar surface area (TPSA) is 49.4 Å². The van der Waals surface area contributed by atoms with E-state index in [0.717, 1.165) is 25.3 Å². The Morgan fingerprint density at radius 2 is 2.14 bits per heavy atom. The van der Waals surface area contributed by atoms with Crippen LogP contribution in [0.25, 0.3) is 0 Å². The summed E-state index contributed by atoms with van der Waals surface area (Å²) >= 11 is 0. The number of amides is 2. The van der Waals surface area contributed by atoms with Gasteiger partial charge in [0.1, 0.15) is 0 Å². The van der Waals surface area contributed by atoms with Crippen LogP contribution in [0, 0.1) is 23.7 Å². The molecule has 1 saturated heterocycles. The first-order valence-electron chi connectivity index (χ1n) is 8.61. The number of nitrogens with one attached hydrogen (secondary N) is 1. The summed E-state index contributed by atoms with van der Waals surface area (Å²) in [4.78, 5) is 26.3. The van der Waals surface area contributed by atoms with Crippen molar-refractivity contribution in [1.29, 1.82) is 0 Å². The number of hydrogen-bond donors (Lipinski definition) is 1. The normalized spacial score (nSPS) is 35.0. The quantitative estimate of drug-likeness (QED) is 0.844. The van der Waals surface area contributed by atoms with Gasteiger partial charge in [-0.05, 0) is 43.4 Å². The van der Waals surface area contributed by atoms with Crippen LogP contribution in [0.3, 0.4) is 0 Å². The molecule has 0 aromatic carbocycles. The van der Waals surface area contributed by atoms with Gasteiger partial charge in [-0.25, -0.2) is 0 Å². The fourth-order valence-electron chi connectivity index (χ4n) is 4.30. The van der Waals surface area contributed by atoms with E-state index < -0.39 is 0 Å². The number of carbonyl (C=O) groups is 2. The molecular weight excluding hydrogens is 264 g/mol. The molecule has 4 nitrogen and oxygen atoms in total. The van der Waals surface area contributed by atoms with Gasteiger partial charge in [0.2, 0.25) is 11.8 Å². The molecule has 2 amide bonds. The second-order valence-electron chi connectivity index (χ2n) is 7.71. The van der Waals surface area contributed by atoms with E-state index in [-0.39, 0.29) is 17.7 Å². The number of carbonyl (C=O) groups excluding carboxylic acids is 2. The van der Waals surface area contributed by atoms with Gasteiger partial charge >= 0.3 is 0 Å². The molecule has 1 aliphatic heterocycles. The highest BCUT2D eigenvalue weighted by Gasteiger charge is 2.42. The van der Waals surface area contributed by atoms with Gasteiger partial charge in [-0.2, -0.15) is 0 Å². The van der Waals surface area contributed by atoms with Crippen molar-refractivity contribution < 1.29 is 9.59 Å². The highest BCUT2D eigenvalue weighted by Crippen LogP contribution is 2.44. The van der Waals surface area contributed by atoms with Crippen LogP contribution in [0.5, 0.6) is 0 Å². The van der Waals surface area contributed by atoms with Gasteiger partial charge < -0.3 is 10.2 Å². The monoisotopic (exact) mass is 292 g/mol. The van der Waals surface area contributed by atoms with Gasteiger partial charge in [0.05, 0.1) is 5.92 Å². The van der Waals surface area contributed by atoms with E-state index in [1.807, 2.05) is 4.90 Å². The Morgan fingerprint density at radius 3 is 2.76 bits per heavy atom. The molecule has 0 spiro atoms. The van der Waals surface area contributed by atoms with E-state index in [4.69, 9.17) is 0 Å². The van der Waals surface area contributed by atoms with Gasteiger partial charge in [-0.15, -0.1) is 0 Å². The van der Waals surface area contributed by atoms with E-state index in [1.54, 1.807) is 0 Å². The molecule has 21 heavy (non-hydrogen) atoms. The van der Waals surface area contributed by atoms with Crippen molar-refractivity contribution in [3.8, 4) is 0 Å². The van der Waals surface area contributed by atoms with E-state index >= 15 is 0 Å². The molecular formula is C17H28N2O2. The largest absolute Gasteiger partial charge is 0.353 e. The third kappa shape index (κ3) is 3.24. The van der Waals surface area contributed by atoms with Crippen LogP contribution in [-0.2, 0) is 9.59 Å². The van der Waals surface area contributed by atoms with Gasteiger partial charge in [0.15, 0.2) is 0 Å². The third-order valence-corrected chi connectivity index (χ3v) is 5.63. The zero-order valence-electron chi connectivity index (χ0n) is 13.3. The van der Waals surface area contributed by atoms with Crippen molar-refractivity contribution in [2.75, 3.05) is 13.1 Å². The lowest BCUT2D eigenvalue weighted by Gasteiger charge is -2.24. The van der Waals surface area contributed by atoms with E-state index in [0.29, 0.717) is 30.8 Å². The van der Waals surface area contributed by atoms with Gasteiger partial charge in [0, 0.05) is 25.6 Å². The highest BCUT2D eigenvalue weighted by atomic mass is 16.2. The number of hydrogen-bond acceptors (Lipinski definition) is 2. The fourth-order valence-corrected chi connectivity index (χ4v) is 4.30. The third-order valence-electron chi connectivity index (χ3n) is 5.63. The Hall–Kier alpha value is -1.06. The lowest BCUT2D eigenvalue weighted by Crippen LogP contribution is -2.42. The maximum atomic E-state index is 12.4. The van der Waals surface area contributed by atoms with Crippen molar-refractivity contribution in [2.24, 2.45) is 23.7 Å². The predicted molar refractivity (Wildman–Crippen MR) is 81.5 cm³/mol. The van der Waals surface area contributed by atoms with E-state index in [9.17, 15) is 9.59 Å². The standard InChI is InChI=1S/C17H28N2O2/c1-11(2)5-6-19-10-14(9-16(19)20)17(21)18-15-8-12-3-4-13(15)7-12/h11-15H,3-10H2,1-2H3,(H,18,21). The lowest BCUT2D eigenvalue weighted by molar-refractivity contribution is -0.129. The second-order valence-corrected chi connectivity index (χ2v) is 7.71. The fraction of sp³-hybridized carbons (Fsp3) is 0.882. The summed E-state index contributed by atoms with van der Waals surface area (Å²) in [5, 5.41) is 3.24. The van der Waals surface area contributed by atoms with Gasteiger partial charge in [0.25, 0.3) is 0 Å². The average molecular weight is 292 g/mol. The number of rotatable bonds is 5. The van der Waals surface area contributed by atoms with Crippen molar-refractivity contribution in [3.63, 3.8) is 0 Å². The van der Waals surface area contributed by atoms with Gasteiger partial charge in [-0.3, -0.25) is 9.59 Å². The summed E-state index contributed by atoms with van der Waals surface area (Å²) in [6.45, 7) is 5.76. The number of fused-ring (bicyclic) bond motifs is 2. The zero-order chi connectivity index (χ0) is 15.0. The summed E-state index contributed by atoms with van der Waals surface area (Å²) < 4.78 is 0. The van der Waals surface area contributed by atoms with E-state index in [2.05, 4.69) is 19.2 Å². The van der Waals surface area contributed by atoms with Crippen LogP contribution in [-0.4, -0.2) is 35.8 Å². The molecule has 2 saturated carbocycles. The Balaban J connectivity index is 1.48. The minimum absolute atomic E-state index is 0.118. The summed E-state index contributed by atoms with van der Waals surface area (Å²) in [7, 11) is 0. The zero-order valence-corrected chi connectivity index (χ0v) is 13.3. The molecule has 0 radical (unpaired) electrons. The molecule has 0 aromatic rings. The maximum absolute atomic E-state index is 12.4. The van der Waals surface area contributed by atoms with Crippen LogP contribution >= 0.6 is 0 Å². The van der Waals surface area contributed by atoms with Crippen molar-refractivity contribution in [3.05, 3.63) is 0 Å². The molecule has 4 atom stereocenters. The summed E-state index contributed by atoms with van der Waals surface area (Å²) in [6, 6.07) is 0.385. The first-order valence-corrected chi connectivity index (χ1v) is 8.61. The summed E-state index contributed by atoms with van der Waals surface area (Å²) in [5.41, 5.74) is 0. The SMILES string of the molecule is CC(C)CCN1CC(C(=O)NC2CC3CCC2C3)CC1=O.